The van der Waals surface area contributed by atoms with Gasteiger partial charge < -0.3 is 10.0 Å². The van der Waals surface area contributed by atoms with E-state index in [0.717, 1.165) is 12.8 Å². The van der Waals surface area contributed by atoms with E-state index >= 15 is 0 Å². The molecule has 4 atom stereocenters. The van der Waals surface area contributed by atoms with Crippen LogP contribution < -0.4 is 0 Å². The van der Waals surface area contributed by atoms with Crippen LogP contribution in [0.2, 0.25) is 0 Å². The molecule has 0 aromatic rings. The Hall–Kier alpha value is -0.570. The topological polar surface area (TPSA) is 40.5 Å². The molecule has 3 nitrogen and oxygen atoms in total. The zero-order valence-electron chi connectivity index (χ0n) is 8.94. The van der Waals surface area contributed by atoms with Gasteiger partial charge in [0.05, 0.1) is 5.92 Å². The van der Waals surface area contributed by atoms with E-state index in [1.165, 1.54) is 12.8 Å². The summed E-state index contributed by atoms with van der Waals surface area (Å²) in [6, 6.07) is 1.06. The van der Waals surface area contributed by atoms with Crippen molar-refractivity contribution in [2.45, 2.75) is 44.7 Å². The molecule has 2 rings (SSSR count). The quantitative estimate of drug-likeness (QED) is 0.730. The lowest BCUT2D eigenvalue weighted by Crippen LogP contribution is -2.48. The summed E-state index contributed by atoms with van der Waals surface area (Å²) in [6.45, 7) is 2.12. The molecular weight excluding hydrogens is 178 g/mol. The minimum atomic E-state index is -0.582. The predicted octanol–water partition coefficient (Wildman–Crippen LogP) is 1.58. The van der Waals surface area contributed by atoms with Crippen molar-refractivity contribution in [3.63, 3.8) is 0 Å². The van der Waals surface area contributed by atoms with E-state index in [-0.39, 0.29) is 5.92 Å². The molecule has 4 unspecified atom stereocenters. The average molecular weight is 197 g/mol. The lowest BCUT2D eigenvalue weighted by Gasteiger charge is -2.41. The fourth-order valence-electron chi connectivity index (χ4n) is 3.42. The van der Waals surface area contributed by atoms with Gasteiger partial charge >= 0.3 is 5.97 Å². The number of nitrogens with zero attached hydrogens (tertiary/aromatic N) is 1. The number of hydrogen-bond acceptors (Lipinski definition) is 2. The number of rotatable bonds is 2. The Bertz CT molecular complexity index is 241. The standard InChI is InChI=1S/C11H19NO2/c1-3-8-9(11(13)14)6-7-4-5-10(8)12(7)2/h7-10H,3-6H2,1-2H3,(H,13,14). The Morgan fingerprint density at radius 2 is 2.21 bits per heavy atom. The van der Waals surface area contributed by atoms with Gasteiger partial charge in [-0.2, -0.15) is 0 Å². The second kappa shape index (κ2) is 3.54. The van der Waals surface area contributed by atoms with E-state index in [1.54, 1.807) is 0 Å². The van der Waals surface area contributed by atoms with Crippen molar-refractivity contribution in [1.82, 2.24) is 4.90 Å². The van der Waals surface area contributed by atoms with Crippen molar-refractivity contribution >= 4 is 5.97 Å². The van der Waals surface area contributed by atoms with Crippen LogP contribution in [0.1, 0.15) is 32.6 Å². The molecule has 2 fully saturated rings. The average Bonchev–Trinajstić information content (AvgIpc) is 2.41. The first-order chi connectivity index (χ1) is 6.65. The molecule has 2 saturated heterocycles. The van der Waals surface area contributed by atoms with Crippen LogP contribution >= 0.6 is 0 Å². The third-order valence-electron chi connectivity index (χ3n) is 4.22. The summed E-state index contributed by atoms with van der Waals surface area (Å²) in [5.41, 5.74) is 0. The number of carboxylic acids is 1. The maximum absolute atomic E-state index is 11.1. The van der Waals surface area contributed by atoms with Gasteiger partial charge in [0.2, 0.25) is 0 Å². The van der Waals surface area contributed by atoms with Crippen molar-refractivity contribution in [1.29, 1.82) is 0 Å². The molecule has 0 aromatic heterocycles. The molecule has 80 valence electrons. The highest BCUT2D eigenvalue weighted by molar-refractivity contribution is 5.70. The molecule has 2 aliphatic heterocycles. The van der Waals surface area contributed by atoms with Crippen LogP contribution in [-0.2, 0) is 4.79 Å². The first kappa shape index (κ1) is 9.97. The zero-order chi connectivity index (χ0) is 10.3. The Morgan fingerprint density at radius 3 is 2.79 bits per heavy atom. The first-order valence-electron chi connectivity index (χ1n) is 5.60. The lowest BCUT2D eigenvalue weighted by atomic mass is 9.79. The van der Waals surface area contributed by atoms with E-state index in [4.69, 9.17) is 0 Å². The lowest BCUT2D eigenvalue weighted by molar-refractivity contribution is -0.147. The van der Waals surface area contributed by atoms with Crippen molar-refractivity contribution < 1.29 is 9.90 Å². The molecule has 2 heterocycles. The summed E-state index contributed by atoms with van der Waals surface area (Å²) in [6.07, 6.45) is 4.25. The molecule has 3 heteroatoms. The Kier molecular flexibility index (Phi) is 2.52. The van der Waals surface area contributed by atoms with Gasteiger partial charge in [0.15, 0.2) is 0 Å². The highest BCUT2D eigenvalue weighted by Gasteiger charge is 2.46. The molecule has 0 aliphatic carbocycles. The largest absolute Gasteiger partial charge is 0.481 e. The molecule has 2 bridgehead atoms. The van der Waals surface area contributed by atoms with E-state index in [9.17, 15) is 9.90 Å². The molecular formula is C11H19NO2. The number of carboxylic acid groups (broad SMARTS) is 1. The molecule has 0 aromatic carbocycles. The third kappa shape index (κ3) is 1.34. The van der Waals surface area contributed by atoms with Crippen LogP contribution in [0, 0.1) is 11.8 Å². The van der Waals surface area contributed by atoms with Crippen LogP contribution in [0.15, 0.2) is 0 Å². The van der Waals surface area contributed by atoms with Crippen LogP contribution in [-0.4, -0.2) is 35.1 Å². The first-order valence-corrected chi connectivity index (χ1v) is 5.60. The van der Waals surface area contributed by atoms with Gasteiger partial charge in [-0.1, -0.05) is 13.3 Å². The van der Waals surface area contributed by atoms with Gasteiger partial charge in [0, 0.05) is 12.1 Å². The predicted molar refractivity (Wildman–Crippen MR) is 54.1 cm³/mol. The van der Waals surface area contributed by atoms with Crippen molar-refractivity contribution in [3.8, 4) is 0 Å². The maximum Gasteiger partial charge on any atom is 0.306 e. The second-order valence-corrected chi connectivity index (χ2v) is 4.72. The molecule has 0 radical (unpaired) electrons. The number of hydrogen-bond donors (Lipinski definition) is 1. The van der Waals surface area contributed by atoms with E-state index < -0.39 is 5.97 Å². The van der Waals surface area contributed by atoms with Gasteiger partial charge in [-0.3, -0.25) is 4.79 Å². The highest BCUT2D eigenvalue weighted by atomic mass is 16.4. The Balaban J connectivity index is 2.19. The van der Waals surface area contributed by atoms with Gasteiger partial charge in [-0.25, -0.2) is 0 Å². The summed E-state index contributed by atoms with van der Waals surface area (Å²) in [7, 11) is 2.16. The summed E-state index contributed by atoms with van der Waals surface area (Å²) in [5, 5.41) is 9.17. The Labute approximate surface area is 85.1 Å². The summed E-state index contributed by atoms with van der Waals surface area (Å²) < 4.78 is 0. The van der Waals surface area contributed by atoms with Crippen LogP contribution in [0.5, 0.6) is 0 Å². The van der Waals surface area contributed by atoms with Gasteiger partial charge in [0.1, 0.15) is 0 Å². The number of fused-ring (bicyclic) bond motifs is 2. The minimum Gasteiger partial charge on any atom is -0.481 e. The molecule has 14 heavy (non-hydrogen) atoms. The molecule has 0 spiro atoms. The monoisotopic (exact) mass is 197 g/mol. The summed E-state index contributed by atoms with van der Waals surface area (Å²) >= 11 is 0. The van der Waals surface area contributed by atoms with Gasteiger partial charge in [-0.15, -0.1) is 0 Å². The SMILES string of the molecule is CCC1C(C(=O)O)CC2CCC1N2C. The molecule has 2 aliphatic rings. The zero-order valence-corrected chi connectivity index (χ0v) is 8.94. The maximum atomic E-state index is 11.1. The fraction of sp³-hybridized carbons (Fsp3) is 0.909. The van der Waals surface area contributed by atoms with E-state index in [0.29, 0.717) is 18.0 Å². The molecule has 0 saturated carbocycles. The van der Waals surface area contributed by atoms with Crippen LogP contribution in [0.4, 0.5) is 0 Å². The van der Waals surface area contributed by atoms with Crippen LogP contribution in [0.25, 0.3) is 0 Å². The number of carbonyl (C=O) groups is 1. The fourth-order valence-corrected chi connectivity index (χ4v) is 3.42. The second-order valence-electron chi connectivity index (χ2n) is 4.72. The third-order valence-corrected chi connectivity index (χ3v) is 4.22. The van der Waals surface area contributed by atoms with Crippen molar-refractivity contribution in [3.05, 3.63) is 0 Å². The van der Waals surface area contributed by atoms with Crippen molar-refractivity contribution in [2.75, 3.05) is 7.05 Å². The normalized spacial score (nSPS) is 42.7. The van der Waals surface area contributed by atoms with E-state index in [1.807, 2.05) is 0 Å². The summed E-state index contributed by atoms with van der Waals surface area (Å²) in [4.78, 5) is 13.5. The highest BCUT2D eigenvalue weighted by Crippen LogP contribution is 2.42. The smallest absolute Gasteiger partial charge is 0.306 e. The van der Waals surface area contributed by atoms with Gasteiger partial charge in [-0.05, 0) is 32.2 Å². The number of aliphatic carboxylic acids is 1. The van der Waals surface area contributed by atoms with Crippen LogP contribution in [0.3, 0.4) is 0 Å². The minimum absolute atomic E-state index is 0.0892. The van der Waals surface area contributed by atoms with Gasteiger partial charge in [0.25, 0.3) is 0 Å². The summed E-state index contributed by atoms with van der Waals surface area (Å²) in [5.74, 6) is -0.299. The number of piperidine rings is 1. The van der Waals surface area contributed by atoms with E-state index in [2.05, 4.69) is 18.9 Å². The Morgan fingerprint density at radius 1 is 1.50 bits per heavy atom. The van der Waals surface area contributed by atoms with Crippen molar-refractivity contribution in [2.24, 2.45) is 11.8 Å². The molecule has 1 N–H and O–H groups in total. The molecule has 0 amide bonds.